The number of allylic oxidation sites excluding steroid dienone is 1. The second-order valence-corrected chi connectivity index (χ2v) is 6.57. The molecule has 1 aliphatic heterocycles. The number of dihydropyridines is 1. The monoisotopic (exact) mass is 401 g/mol. The predicted octanol–water partition coefficient (Wildman–Crippen LogP) is 1.99. The molecule has 0 saturated heterocycles. The Balaban J connectivity index is 1.58. The zero-order valence-corrected chi connectivity index (χ0v) is 15.7. The minimum atomic E-state index is -0.514. The van der Waals surface area contributed by atoms with Crippen LogP contribution in [-0.4, -0.2) is 30.9 Å². The van der Waals surface area contributed by atoms with E-state index >= 15 is 0 Å². The van der Waals surface area contributed by atoms with E-state index in [0.29, 0.717) is 40.1 Å². The first-order valence-electron chi connectivity index (χ1n) is 8.99. The number of hydrogen-bond acceptors (Lipinski definition) is 8. The minimum Gasteiger partial charge on any atom is -0.443 e. The van der Waals surface area contributed by atoms with Gasteiger partial charge in [-0.2, -0.15) is 4.52 Å². The van der Waals surface area contributed by atoms with Gasteiger partial charge in [-0.05, 0) is 25.1 Å². The summed E-state index contributed by atoms with van der Waals surface area (Å²) >= 11 is 0. The van der Waals surface area contributed by atoms with Crippen molar-refractivity contribution >= 4 is 22.3 Å². The number of fused-ring (bicyclic) bond motifs is 3. The van der Waals surface area contributed by atoms with Crippen LogP contribution in [0.15, 0.2) is 70.7 Å². The molecule has 0 fully saturated rings. The number of amides is 1. The van der Waals surface area contributed by atoms with Gasteiger partial charge in [0.15, 0.2) is 11.3 Å². The number of nitrogens with zero attached hydrogens (tertiary/aromatic N) is 5. The molecule has 0 aliphatic carbocycles. The lowest BCUT2D eigenvalue weighted by Gasteiger charge is -2.10. The highest BCUT2D eigenvalue weighted by molar-refractivity contribution is 5.97. The summed E-state index contributed by atoms with van der Waals surface area (Å²) in [5.74, 6) is 0.934. The number of benzene rings is 1. The molecule has 0 spiro atoms. The maximum Gasteiger partial charge on any atom is 0.250 e. The lowest BCUT2D eigenvalue weighted by atomic mass is 10.2. The number of aryl methyl sites for hydroxylation is 1. The second kappa shape index (κ2) is 6.85. The van der Waals surface area contributed by atoms with E-state index in [9.17, 15) is 4.79 Å². The van der Waals surface area contributed by atoms with E-state index in [0.717, 1.165) is 10.8 Å². The molecule has 4 aromatic rings. The highest BCUT2D eigenvalue weighted by Gasteiger charge is 2.18. The van der Waals surface area contributed by atoms with Crippen LogP contribution in [0.4, 0.5) is 0 Å². The number of carbonyl (C=O) groups is 1. The van der Waals surface area contributed by atoms with Crippen LogP contribution in [0.5, 0.6) is 5.88 Å². The van der Waals surface area contributed by atoms with E-state index in [1.54, 1.807) is 29.7 Å². The average molecular weight is 401 g/mol. The predicted molar refractivity (Wildman–Crippen MR) is 107 cm³/mol. The normalized spacial score (nSPS) is 14.8. The highest BCUT2D eigenvalue weighted by atomic mass is 16.5. The van der Waals surface area contributed by atoms with Gasteiger partial charge in [0.05, 0.1) is 11.3 Å². The van der Waals surface area contributed by atoms with Gasteiger partial charge in [-0.25, -0.2) is 0 Å². The lowest BCUT2D eigenvalue weighted by Crippen LogP contribution is -2.18. The number of carbonyl (C=O) groups excluding carboxylic acids is 1. The van der Waals surface area contributed by atoms with E-state index in [4.69, 9.17) is 15.0 Å². The van der Waals surface area contributed by atoms with Gasteiger partial charge < -0.3 is 20.3 Å². The summed E-state index contributed by atoms with van der Waals surface area (Å²) in [6.45, 7) is 1.80. The summed E-state index contributed by atoms with van der Waals surface area (Å²) in [6, 6.07) is 9.36. The number of primary amides is 1. The SMILES string of the molecule is Cc1cc(-c2nnc3c4ccccc4c(OC=C4C=CC(C(N)=O)=CN4)nn23)no1. The van der Waals surface area contributed by atoms with Crippen molar-refractivity contribution in [3.05, 3.63) is 72.0 Å². The number of nitrogens with two attached hydrogens (primary N) is 1. The molecule has 1 aliphatic rings. The second-order valence-electron chi connectivity index (χ2n) is 6.57. The zero-order chi connectivity index (χ0) is 20.7. The van der Waals surface area contributed by atoms with Crippen LogP contribution in [0.3, 0.4) is 0 Å². The van der Waals surface area contributed by atoms with Gasteiger partial charge in [0.25, 0.3) is 0 Å². The number of nitrogens with one attached hydrogen (secondary N) is 1. The van der Waals surface area contributed by atoms with Crippen LogP contribution in [0.25, 0.3) is 27.9 Å². The maximum atomic E-state index is 11.2. The van der Waals surface area contributed by atoms with Crippen molar-refractivity contribution in [1.29, 1.82) is 0 Å². The summed E-state index contributed by atoms with van der Waals surface area (Å²) in [6.07, 6.45) is 6.30. The Labute approximate surface area is 169 Å². The molecule has 0 bridgehead atoms. The Morgan fingerprint density at radius 3 is 2.77 bits per heavy atom. The van der Waals surface area contributed by atoms with E-state index in [1.165, 1.54) is 12.5 Å². The molecular weight excluding hydrogens is 386 g/mol. The Morgan fingerprint density at radius 1 is 1.23 bits per heavy atom. The van der Waals surface area contributed by atoms with Gasteiger partial charge in [0.2, 0.25) is 17.6 Å². The van der Waals surface area contributed by atoms with Gasteiger partial charge in [-0.1, -0.05) is 23.4 Å². The Hall–Kier alpha value is -4.47. The van der Waals surface area contributed by atoms with Gasteiger partial charge in [-0.3, -0.25) is 4.79 Å². The van der Waals surface area contributed by atoms with E-state index in [1.807, 2.05) is 24.3 Å². The van der Waals surface area contributed by atoms with Crippen LogP contribution in [-0.2, 0) is 4.79 Å². The zero-order valence-electron chi connectivity index (χ0n) is 15.7. The van der Waals surface area contributed by atoms with Crippen molar-refractivity contribution < 1.29 is 14.1 Å². The Kier molecular flexibility index (Phi) is 4.02. The molecule has 10 heteroatoms. The average Bonchev–Trinajstić information content (AvgIpc) is 3.38. The molecule has 1 aromatic carbocycles. The molecule has 3 N–H and O–H groups in total. The molecule has 0 saturated carbocycles. The third-order valence-corrected chi connectivity index (χ3v) is 4.51. The van der Waals surface area contributed by atoms with Crippen LogP contribution < -0.4 is 15.8 Å². The van der Waals surface area contributed by atoms with Crippen molar-refractivity contribution in [2.75, 3.05) is 0 Å². The number of rotatable bonds is 4. The molecule has 5 rings (SSSR count). The third-order valence-electron chi connectivity index (χ3n) is 4.51. The smallest absolute Gasteiger partial charge is 0.250 e. The van der Waals surface area contributed by atoms with E-state index < -0.39 is 5.91 Å². The number of aromatic nitrogens is 5. The first-order chi connectivity index (χ1) is 14.6. The fourth-order valence-electron chi connectivity index (χ4n) is 3.05. The van der Waals surface area contributed by atoms with Crippen molar-refractivity contribution in [2.45, 2.75) is 6.92 Å². The standard InChI is InChI=1S/C20H15N7O3/c1-11-8-16(26-30-11)19-24-23-18-14-4-2-3-5-15(14)20(25-27(18)19)29-10-13-7-6-12(9-22-13)17(21)28/h2-10,22H,1H3,(H2,21,28). The summed E-state index contributed by atoms with van der Waals surface area (Å²) in [4.78, 5) is 11.2. The summed E-state index contributed by atoms with van der Waals surface area (Å²) in [7, 11) is 0. The molecule has 4 heterocycles. The van der Waals surface area contributed by atoms with E-state index in [-0.39, 0.29) is 0 Å². The van der Waals surface area contributed by atoms with Gasteiger partial charge >= 0.3 is 0 Å². The van der Waals surface area contributed by atoms with Crippen molar-refractivity contribution in [1.82, 2.24) is 30.3 Å². The van der Waals surface area contributed by atoms with Gasteiger partial charge in [0, 0.05) is 23.0 Å². The molecule has 0 radical (unpaired) electrons. The van der Waals surface area contributed by atoms with E-state index in [2.05, 4.69) is 25.8 Å². The quantitative estimate of drug-likeness (QED) is 0.496. The highest BCUT2D eigenvalue weighted by Crippen LogP contribution is 2.29. The Bertz CT molecular complexity index is 1390. The summed E-state index contributed by atoms with van der Waals surface area (Å²) < 4.78 is 12.6. The number of ether oxygens (including phenoxy) is 1. The molecule has 0 atom stereocenters. The lowest BCUT2D eigenvalue weighted by molar-refractivity contribution is -0.114. The minimum absolute atomic E-state index is 0.353. The van der Waals surface area contributed by atoms with Crippen molar-refractivity contribution in [3.8, 4) is 17.4 Å². The largest absolute Gasteiger partial charge is 0.443 e. The first-order valence-corrected chi connectivity index (χ1v) is 8.99. The van der Waals surface area contributed by atoms with Crippen LogP contribution in [0.1, 0.15) is 5.76 Å². The van der Waals surface area contributed by atoms with Gasteiger partial charge in [-0.15, -0.1) is 15.3 Å². The molecule has 0 unspecified atom stereocenters. The molecule has 3 aromatic heterocycles. The van der Waals surface area contributed by atoms with Gasteiger partial charge in [0.1, 0.15) is 12.0 Å². The third kappa shape index (κ3) is 2.96. The Morgan fingerprint density at radius 2 is 2.07 bits per heavy atom. The van der Waals surface area contributed by atoms with Crippen LogP contribution in [0, 0.1) is 6.92 Å². The molecule has 1 amide bonds. The van der Waals surface area contributed by atoms with Crippen LogP contribution in [0.2, 0.25) is 0 Å². The summed E-state index contributed by atoms with van der Waals surface area (Å²) in [5, 5.41) is 21.6. The number of hydrogen-bond donors (Lipinski definition) is 2. The molecular formula is C20H15N7O3. The fourth-order valence-corrected chi connectivity index (χ4v) is 3.05. The first kappa shape index (κ1) is 17.6. The molecule has 30 heavy (non-hydrogen) atoms. The molecule has 148 valence electrons. The van der Waals surface area contributed by atoms with Crippen molar-refractivity contribution in [3.63, 3.8) is 0 Å². The topological polar surface area (TPSA) is 133 Å². The van der Waals surface area contributed by atoms with Crippen LogP contribution >= 0.6 is 0 Å². The maximum absolute atomic E-state index is 11.2. The fraction of sp³-hybridized carbons (Fsp3) is 0.0500. The summed E-state index contributed by atoms with van der Waals surface area (Å²) in [5.41, 5.74) is 7.35. The van der Waals surface area contributed by atoms with Crippen molar-refractivity contribution in [2.24, 2.45) is 5.73 Å². The molecule has 10 nitrogen and oxygen atoms in total.